The average molecular weight is 145 g/mol. The van der Waals surface area contributed by atoms with Crippen molar-refractivity contribution in [1.29, 1.82) is 0 Å². The van der Waals surface area contributed by atoms with Crippen molar-refractivity contribution >= 4 is 10.9 Å². The first-order chi connectivity index (χ1) is 4.11. The Labute approximate surface area is 61.4 Å². The van der Waals surface area contributed by atoms with Gasteiger partial charge in [0, 0.05) is 0 Å². The standard InChI is InChI=1S/C8H17S/c1-8(2,3)9-6-4-5-7-9/h4-7H2,1-3H3/q+1. The van der Waals surface area contributed by atoms with Crippen LogP contribution in [0.1, 0.15) is 33.6 Å². The van der Waals surface area contributed by atoms with Gasteiger partial charge in [-0.05, 0) is 44.5 Å². The number of hydrogen-bond acceptors (Lipinski definition) is 0. The van der Waals surface area contributed by atoms with Crippen LogP contribution >= 0.6 is 0 Å². The molecule has 1 heterocycles. The third-order valence-corrected chi connectivity index (χ3v) is 5.19. The van der Waals surface area contributed by atoms with Crippen LogP contribution in [0.4, 0.5) is 0 Å². The fourth-order valence-corrected chi connectivity index (χ4v) is 3.80. The lowest BCUT2D eigenvalue weighted by atomic mass is 10.3. The van der Waals surface area contributed by atoms with Gasteiger partial charge in [-0.1, -0.05) is 0 Å². The Morgan fingerprint density at radius 3 is 1.67 bits per heavy atom. The monoisotopic (exact) mass is 145 g/mol. The molecule has 0 unspecified atom stereocenters. The fraction of sp³-hybridized carbons (Fsp3) is 1.00. The second kappa shape index (κ2) is 2.53. The summed E-state index contributed by atoms with van der Waals surface area (Å²) < 4.78 is 0.608. The van der Waals surface area contributed by atoms with Gasteiger partial charge in [-0.15, -0.1) is 0 Å². The zero-order valence-corrected chi connectivity index (χ0v) is 7.55. The van der Waals surface area contributed by atoms with Crippen molar-refractivity contribution < 1.29 is 0 Å². The summed E-state index contributed by atoms with van der Waals surface area (Å²) in [4.78, 5) is 0. The highest BCUT2D eigenvalue weighted by molar-refractivity contribution is 7.98. The molecule has 1 heteroatoms. The molecule has 0 spiro atoms. The van der Waals surface area contributed by atoms with Crippen LogP contribution in [0.3, 0.4) is 0 Å². The van der Waals surface area contributed by atoms with Crippen LogP contribution in [0.25, 0.3) is 0 Å². The molecule has 0 bridgehead atoms. The molecule has 1 aliphatic rings. The first kappa shape index (κ1) is 7.46. The molecule has 54 valence electrons. The number of rotatable bonds is 0. The van der Waals surface area contributed by atoms with E-state index in [-0.39, 0.29) is 0 Å². The highest BCUT2D eigenvalue weighted by atomic mass is 32.2. The molecule has 1 aliphatic heterocycles. The van der Waals surface area contributed by atoms with Crippen LogP contribution < -0.4 is 0 Å². The topological polar surface area (TPSA) is 0 Å². The Bertz CT molecular complexity index is 85.2. The van der Waals surface area contributed by atoms with E-state index < -0.39 is 0 Å². The summed E-state index contributed by atoms with van der Waals surface area (Å²) >= 11 is 0. The lowest BCUT2D eigenvalue weighted by Gasteiger charge is -2.16. The van der Waals surface area contributed by atoms with Gasteiger partial charge in [0.05, 0.1) is 0 Å². The van der Waals surface area contributed by atoms with Gasteiger partial charge in [0.2, 0.25) is 0 Å². The predicted octanol–water partition coefficient (Wildman–Crippen LogP) is 2.20. The van der Waals surface area contributed by atoms with Crippen LogP contribution in [-0.2, 0) is 10.9 Å². The molecule has 9 heavy (non-hydrogen) atoms. The molecular weight excluding hydrogens is 128 g/mol. The summed E-state index contributed by atoms with van der Waals surface area (Å²) in [6.07, 6.45) is 2.97. The summed E-state index contributed by atoms with van der Waals surface area (Å²) in [6.45, 7) is 7.13. The van der Waals surface area contributed by atoms with Crippen molar-refractivity contribution in [2.75, 3.05) is 11.5 Å². The summed E-state index contributed by atoms with van der Waals surface area (Å²) in [6, 6.07) is 0. The van der Waals surface area contributed by atoms with E-state index in [2.05, 4.69) is 20.8 Å². The molecule has 0 aromatic rings. The first-order valence-corrected chi connectivity index (χ1v) is 5.34. The minimum Gasteiger partial charge on any atom is -0.0146 e. The second-order valence-electron chi connectivity index (χ2n) is 3.72. The van der Waals surface area contributed by atoms with E-state index >= 15 is 0 Å². The van der Waals surface area contributed by atoms with Crippen molar-refractivity contribution in [1.82, 2.24) is 0 Å². The molecule has 0 saturated carbocycles. The van der Waals surface area contributed by atoms with Gasteiger partial charge in [0.25, 0.3) is 0 Å². The molecular formula is C8H17S+. The van der Waals surface area contributed by atoms with Gasteiger partial charge in [-0.3, -0.25) is 0 Å². The van der Waals surface area contributed by atoms with Crippen LogP contribution in [0.15, 0.2) is 0 Å². The molecule has 0 radical (unpaired) electrons. The van der Waals surface area contributed by atoms with Crippen LogP contribution in [0.2, 0.25) is 0 Å². The molecule has 0 aliphatic carbocycles. The second-order valence-corrected chi connectivity index (χ2v) is 6.75. The molecule has 1 saturated heterocycles. The Morgan fingerprint density at radius 1 is 1.00 bits per heavy atom. The lowest BCUT2D eigenvalue weighted by molar-refractivity contribution is 0.792. The van der Waals surface area contributed by atoms with Gasteiger partial charge in [-0.25, -0.2) is 0 Å². The SMILES string of the molecule is CC(C)(C)[S+]1CCCC1. The maximum absolute atomic E-state index is 2.38. The molecule has 0 nitrogen and oxygen atoms in total. The van der Waals surface area contributed by atoms with Crippen LogP contribution in [0.5, 0.6) is 0 Å². The van der Waals surface area contributed by atoms with Crippen molar-refractivity contribution in [3.63, 3.8) is 0 Å². The molecule has 0 amide bonds. The molecule has 0 aromatic carbocycles. The van der Waals surface area contributed by atoms with E-state index in [1.54, 1.807) is 0 Å². The molecule has 1 rings (SSSR count). The largest absolute Gasteiger partial charge is 0.119 e. The highest BCUT2D eigenvalue weighted by Gasteiger charge is 2.36. The maximum Gasteiger partial charge on any atom is 0.119 e. The van der Waals surface area contributed by atoms with Gasteiger partial charge < -0.3 is 0 Å². The van der Waals surface area contributed by atoms with Gasteiger partial charge >= 0.3 is 0 Å². The summed E-state index contributed by atoms with van der Waals surface area (Å²) in [5.41, 5.74) is 0. The van der Waals surface area contributed by atoms with Crippen LogP contribution in [0, 0.1) is 0 Å². The van der Waals surface area contributed by atoms with E-state index in [4.69, 9.17) is 0 Å². The van der Waals surface area contributed by atoms with Crippen molar-refractivity contribution in [2.45, 2.75) is 38.4 Å². The smallest absolute Gasteiger partial charge is 0.0146 e. The zero-order chi connectivity index (χ0) is 6.91. The fourth-order valence-electron chi connectivity index (χ4n) is 1.27. The Kier molecular flexibility index (Phi) is 2.10. The minimum atomic E-state index is 0.608. The third kappa shape index (κ3) is 1.89. The van der Waals surface area contributed by atoms with Gasteiger partial charge in [0.15, 0.2) is 0 Å². The molecule has 1 fully saturated rings. The lowest BCUT2D eigenvalue weighted by Crippen LogP contribution is -2.29. The maximum atomic E-state index is 2.38. The summed E-state index contributed by atoms with van der Waals surface area (Å²) in [5.74, 6) is 3.01. The van der Waals surface area contributed by atoms with Gasteiger partial charge in [0.1, 0.15) is 16.3 Å². The highest BCUT2D eigenvalue weighted by Crippen LogP contribution is 2.26. The Balaban J connectivity index is 2.42. The van der Waals surface area contributed by atoms with E-state index in [0.29, 0.717) is 4.75 Å². The van der Waals surface area contributed by atoms with Crippen molar-refractivity contribution in [3.8, 4) is 0 Å². The van der Waals surface area contributed by atoms with E-state index in [9.17, 15) is 0 Å². The zero-order valence-electron chi connectivity index (χ0n) is 6.74. The third-order valence-electron chi connectivity index (χ3n) is 1.90. The number of hydrogen-bond donors (Lipinski definition) is 0. The van der Waals surface area contributed by atoms with E-state index in [1.807, 2.05) is 0 Å². The average Bonchev–Trinajstić information content (AvgIpc) is 2.08. The first-order valence-electron chi connectivity index (χ1n) is 3.78. The van der Waals surface area contributed by atoms with Crippen molar-refractivity contribution in [2.24, 2.45) is 0 Å². The van der Waals surface area contributed by atoms with E-state index in [1.165, 1.54) is 24.3 Å². The quantitative estimate of drug-likeness (QED) is 0.458. The molecule has 0 aromatic heterocycles. The minimum absolute atomic E-state index is 0.608. The Hall–Kier alpha value is 0.350. The summed E-state index contributed by atoms with van der Waals surface area (Å²) in [5, 5.41) is 0. The van der Waals surface area contributed by atoms with Gasteiger partial charge in [-0.2, -0.15) is 0 Å². The normalized spacial score (nSPS) is 23.0. The molecule has 0 N–H and O–H groups in total. The Morgan fingerprint density at radius 2 is 1.44 bits per heavy atom. The summed E-state index contributed by atoms with van der Waals surface area (Å²) in [7, 11) is 0.755. The molecule has 0 atom stereocenters. The van der Waals surface area contributed by atoms with Crippen molar-refractivity contribution in [3.05, 3.63) is 0 Å². The van der Waals surface area contributed by atoms with E-state index in [0.717, 1.165) is 10.9 Å². The van der Waals surface area contributed by atoms with Crippen LogP contribution in [-0.4, -0.2) is 16.3 Å². The predicted molar refractivity (Wildman–Crippen MR) is 46.1 cm³/mol.